The van der Waals surface area contributed by atoms with Crippen molar-refractivity contribution in [3.63, 3.8) is 0 Å². The van der Waals surface area contributed by atoms with E-state index in [4.69, 9.17) is 4.74 Å². The van der Waals surface area contributed by atoms with Crippen molar-refractivity contribution in [3.05, 3.63) is 71.4 Å². The normalized spacial score (nSPS) is 15.8. The number of nitrogens with one attached hydrogen (secondary N) is 1. The highest BCUT2D eigenvalue weighted by molar-refractivity contribution is 5.92. The molecular formula is C22H19F5N4O3. The number of aromatic nitrogens is 3. The molecule has 0 atom stereocenters. The molecule has 4 rings (SSSR count). The standard InChI is InChI=1S/C22H19F5N4O3/c23-16-9-14(30-18(32)8-13-2-1-3-15(19(13)24)22(25,26)27)10-28-20(16)31-11-17(29-12-31)21(33)4-6-34-7-5-21/h1-3,9-12,33H,4-8H2,(H,30,32). The number of ether oxygens (including phenoxy) is 1. The van der Waals surface area contributed by atoms with Crippen LogP contribution in [-0.4, -0.2) is 38.8 Å². The van der Waals surface area contributed by atoms with Crippen molar-refractivity contribution in [2.45, 2.75) is 31.0 Å². The van der Waals surface area contributed by atoms with Crippen LogP contribution in [0.4, 0.5) is 27.6 Å². The lowest BCUT2D eigenvalue weighted by molar-refractivity contribution is -0.140. The first-order valence-electron chi connectivity index (χ1n) is 10.2. The van der Waals surface area contributed by atoms with Gasteiger partial charge in [-0.2, -0.15) is 13.2 Å². The fourth-order valence-corrected chi connectivity index (χ4v) is 3.65. The number of benzene rings is 1. The number of carbonyl (C=O) groups excluding carboxylic acids is 1. The van der Waals surface area contributed by atoms with Gasteiger partial charge in [0, 0.05) is 38.3 Å². The van der Waals surface area contributed by atoms with E-state index >= 15 is 0 Å². The van der Waals surface area contributed by atoms with Crippen molar-refractivity contribution in [2.75, 3.05) is 18.5 Å². The number of amides is 1. The summed E-state index contributed by atoms with van der Waals surface area (Å²) in [5, 5.41) is 13.0. The van der Waals surface area contributed by atoms with Gasteiger partial charge in [0.05, 0.1) is 29.6 Å². The number of alkyl halides is 3. The van der Waals surface area contributed by atoms with E-state index in [1.54, 1.807) is 0 Å². The Labute approximate surface area is 190 Å². The van der Waals surface area contributed by atoms with Gasteiger partial charge in [0.15, 0.2) is 11.6 Å². The SMILES string of the molecule is O=C(Cc1cccc(C(F)(F)F)c1F)Nc1cnc(-n2cnc(C3(O)CCOCC3)c2)c(F)c1. The molecule has 0 saturated carbocycles. The minimum atomic E-state index is -4.90. The zero-order valence-corrected chi connectivity index (χ0v) is 17.6. The molecule has 0 bridgehead atoms. The average molecular weight is 482 g/mol. The van der Waals surface area contributed by atoms with E-state index in [9.17, 15) is 31.9 Å². The number of anilines is 1. The minimum Gasteiger partial charge on any atom is -0.383 e. The van der Waals surface area contributed by atoms with Crippen LogP contribution in [0, 0.1) is 11.6 Å². The number of nitrogens with zero attached hydrogens (tertiary/aromatic N) is 3. The van der Waals surface area contributed by atoms with E-state index in [0.29, 0.717) is 37.8 Å². The lowest BCUT2D eigenvalue weighted by Crippen LogP contribution is -2.33. The fourth-order valence-electron chi connectivity index (χ4n) is 3.65. The van der Waals surface area contributed by atoms with Gasteiger partial charge in [-0.25, -0.2) is 18.7 Å². The second kappa shape index (κ2) is 9.11. The summed E-state index contributed by atoms with van der Waals surface area (Å²) in [7, 11) is 0. The molecule has 1 aromatic carbocycles. The molecular weight excluding hydrogens is 463 g/mol. The molecule has 1 aliphatic heterocycles. The lowest BCUT2D eigenvalue weighted by Gasteiger charge is -2.30. The highest BCUT2D eigenvalue weighted by Crippen LogP contribution is 2.33. The van der Waals surface area contributed by atoms with Gasteiger partial charge in [-0.3, -0.25) is 9.36 Å². The van der Waals surface area contributed by atoms with Gasteiger partial charge < -0.3 is 15.2 Å². The fraction of sp³-hybridized carbons (Fsp3) is 0.318. The maximum absolute atomic E-state index is 14.7. The molecule has 0 unspecified atom stereocenters. The summed E-state index contributed by atoms with van der Waals surface area (Å²) in [5.74, 6) is -3.35. The maximum atomic E-state index is 14.7. The molecule has 1 fully saturated rings. The van der Waals surface area contributed by atoms with Crippen LogP contribution in [-0.2, 0) is 27.7 Å². The zero-order valence-electron chi connectivity index (χ0n) is 17.6. The molecule has 0 radical (unpaired) electrons. The van der Waals surface area contributed by atoms with E-state index < -0.39 is 46.9 Å². The molecule has 7 nitrogen and oxygen atoms in total. The van der Waals surface area contributed by atoms with E-state index in [1.165, 1.54) is 17.1 Å². The Balaban J connectivity index is 1.47. The number of carbonyl (C=O) groups is 1. The van der Waals surface area contributed by atoms with Crippen LogP contribution in [0.25, 0.3) is 5.82 Å². The number of hydrogen-bond acceptors (Lipinski definition) is 5. The molecule has 2 N–H and O–H groups in total. The molecule has 1 amide bonds. The Bertz CT molecular complexity index is 1210. The predicted octanol–water partition coefficient (Wildman–Crippen LogP) is 3.74. The van der Waals surface area contributed by atoms with E-state index in [2.05, 4.69) is 15.3 Å². The smallest absolute Gasteiger partial charge is 0.383 e. The van der Waals surface area contributed by atoms with Gasteiger partial charge in [0.1, 0.15) is 17.7 Å². The van der Waals surface area contributed by atoms with Gasteiger partial charge in [0.25, 0.3) is 0 Å². The van der Waals surface area contributed by atoms with Gasteiger partial charge in [-0.05, 0) is 11.6 Å². The topological polar surface area (TPSA) is 89.3 Å². The third-order valence-electron chi connectivity index (χ3n) is 5.46. The first-order chi connectivity index (χ1) is 16.1. The second-order valence-corrected chi connectivity index (χ2v) is 7.84. The largest absolute Gasteiger partial charge is 0.419 e. The van der Waals surface area contributed by atoms with Crippen LogP contribution < -0.4 is 5.32 Å². The summed E-state index contributed by atoms with van der Waals surface area (Å²) in [6.45, 7) is 0.740. The Morgan fingerprint density at radius 1 is 1.21 bits per heavy atom. The second-order valence-electron chi connectivity index (χ2n) is 7.84. The molecule has 1 aliphatic rings. The Morgan fingerprint density at radius 2 is 1.94 bits per heavy atom. The van der Waals surface area contributed by atoms with Crippen LogP contribution >= 0.6 is 0 Å². The van der Waals surface area contributed by atoms with Crippen molar-refractivity contribution >= 4 is 11.6 Å². The van der Waals surface area contributed by atoms with Crippen LogP contribution in [0.15, 0.2) is 43.0 Å². The van der Waals surface area contributed by atoms with E-state index in [-0.39, 0.29) is 11.5 Å². The summed E-state index contributed by atoms with van der Waals surface area (Å²) >= 11 is 0. The molecule has 3 aromatic rings. The number of hydrogen-bond donors (Lipinski definition) is 2. The van der Waals surface area contributed by atoms with E-state index in [1.807, 2.05) is 0 Å². The highest BCUT2D eigenvalue weighted by Gasteiger charge is 2.35. The lowest BCUT2D eigenvalue weighted by atomic mass is 9.91. The zero-order chi connectivity index (χ0) is 24.5. The van der Waals surface area contributed by atoms with Crippen LogP contribution in [0.3, 0.4) is 0 Å². The average Bonchev–Trinajstić information content (AvgIpc) is 3.26. The quantitative estimate of drug-likeness (QED) is 0.541. The number of pyridine rings is 1. The van der Waals surface area contributed by atoms with Crippen LogP contribution in [0.2, 0.25) is 0 Å². The van der Waals surface area contributed by atoms with Crippen molar-refractivity contribution < 1.29 is 36.6 Å². The predicted molar refractivity (Wildman–Crippen MR) is 109 cm³/mol. The Morgan fingerprint density at radius 3 is 2.62 bits per heavy atom. The summed E-state index contributed by atoms with van der Waals surface area (Å²) in [6, 6.07) is 3.61. The molecule has 12 heteroatoms. The first-order valence-corrected chi connectivity index (χ1v) is 10.2. The molecule has 34 heavy (non-hydrogen) atoms. The summed E-state index contributed by atoms with van der Waals surface area (Å²) in [6.07, 6.45) is -1.01. The van der Waals surface area contributed by atoms with Crippen LogP contribution in [0.1, 0.15) is 29.7 Å². The molecule has 0 spiro atoms. The summed E-state index contributed by atoms with van der Waals surface area (Å²) in [4.78, 5) is 20.3. The number of imidazole rings is 1. The Kier molecular flexibility index (Phi) is 6.36. The van der Waals surface area contributed by atoms with Crippen molar-refractivity contribution in [1.29, 1.82) is 0 Å². The molecule has 3 heterocycles. The number of halogens is 5. The van der Waals surface area contributed by atoms with Crippen molar-refractivity contribution in [2.24, 2.45) is 0 Å². The van der Waals surface area contributed by atoms with E-state index in [0.717, 1.165) is 24.4 Å². The van der Waals surface area contributed by atoms with Crippen molar-refractivity contribution in [1.82, 2.24) is 14.5 Å². The minimum absolute atomic E-state index is 0.0676. The molecule has 180 valence electrons. The number of rotatable bonds is 5. The third kappa shape index (κ3) is 4.92. The van der Waals surface area contributed by atoms with Gasteiger partial charge >= 0.3 is 6.18 Å². The molecule has 0 aliphatic carbocycles. The van der Waals surface area contributed by atoms with Gasteiger partial charge in [-0.15, -0.1) is 0 Å². The maximum Gasteiger partial charge on any atom is 0.419 e. The van der Waals surface area contributed by atoms with Gasteiger partial charge in [-0.1, -0.05) is 12.1 Å². The summed E-state index contributed by atoms with van der Waals surface area (Å²) < 4.78 is 73.9. The monoisotopic (exact) mass is 482 g/mol. The summed E-state index contributed by atoms with van der Waals surface area (Å²) in [5.41, 5.74) is -2.83. The molecule has 2 aromatic heterocycles. The van der Waals surface area contributed by atoms with Crippen molar-refractivity contribution in [3.8, 4) is 5.82 Å². The Hall–Kier alpha value is -3.38. The number of aliphatic hydroxyl groups is 1. The highest BCUT2D eigenvalue weighted by atomic mass is 19.4. The van der Waals surface area contributed by atoms with Crippen LogP contribution in [0.5, 0.6) is 0 Å². The molecule has 1 saturated heterocycles. The van der Waals surface area contributed by atoms with Gasteiger partial charge in [0.2, 0.25) is 5.91 Å². The first kappa shape index (κ1) is 23.8. The third-order valence-corrected chi connectivity index (χ3v) is 5.46.